The number of nitrogens with one attached hydrogen (secondary N) is 1. The number of thiazole rings is 1. The highest BCUT2D eigenvalue weighted by Gasteiger charge is 2.21. The van der Waals surface area contributed by atoms with E-state index in [-0.39, 0.29) is 0 Å². The van der Waals surface area contributed by atoms with E-state index in [9.17, 15) is 0 Å². The third-order valence-corrected chi connectivity index (χ3v) is 5.36. The zero-order valence-electron chi connectivity index (χ0n) is 13.2. The van der Waals surface area contributed by atoms with Gasteiger partial charge in [0.25, 0.3) is 0 Å². The summed E-state index contributed by atoms with van der Waals surface area (Å²) in [7, 11) is 0. The molecule has 0 fully saturated rings. The monoisotopic (exact) mass is 303 g/mol. The quantitative estimate of drug-likeness (QED) is 0.901. The molecular weight excluding hydrogens is 278 g/mol. The highest BCUT2D eigenvalue weighted by atomic mass is 32.1. The number of hydrogen-bond donors (Lipinski definition) is 1. The van der Waals surface area contributed by atoms with Gasteiger partial charge in [-0.1, -0.05) is 20.8 Å². The van der Waals surface area contributed by atoms with E-state index in [1.807, 2.05) is 0 Å². The van der Waals surface area contributed by atoms with Gasteiger partial charge in [-0.25, -0.2) is 4.98 Å². The summed E-state index contributed by atoms with van der Waals surface area (Å²) in [5.41, 5.74) is 4.21. The van der Waals surface area contributed by atoms with Gasteiger partial charge in [0, 0.05) is 29.7 Å². The lowest BCUT2D eigenvalue weighted by Crippen LogP contribution is -2.23. The molecule has 2 heterocycles. The highest BCUT2D eigenvalue weighted by molar-refractivity contribution is 7.09. The molecule has 0 spiro atoms. The van der Waals surface area contributed by atoms with Crippen molar-refractivity contribution in [3.05, 3.63) is 39.6 Å². The van der Waals surface area contributed by atoms with Crippen molar-refractivity contribution in [1.82, 2.24) is 14.9 Å². The van der Waals surface area contributed by atoms with Crippen LogP contribution in [0.2, 0.25) is 0 Å². The molecule has 2 aromatic rings. The first-order chi connectivity index (χ1) is 10.2. The molecule has 1 aliphatic carbocycles. The number of aromatic nitrogens is 2. The van der Waals surface area contributed by atoms with Gasteiger partial charge >= 0.3 is 0 Å². The van der Waals surface area contributed by atoms with Gasteiger partial charge in [-0.05, 0) is 36.9 Å². The fourth-order valence-corrected chi connectivity index (χ4v) is 3.97. The van der Waals surface area contributed by atoms with Crippen LogP contribution in [0.5, 0.6) is 0 Å². The standard InChI is InChI=1S/C17H25N3S/c1-4-18-16-7-5-6-13-8-20(10-15(13)16)9-14-11-21-17(19-14)12(2)3/h8,10-12,16,18H,4-7,9H2,1-3H3. The normalized spacial score (nSPS) is 18.2. The molecule has 1 aliphatic rings. The third kappa shape index (κ3) is 3.22. The summed E-state index contributed by atoms with van der Waals surface area (Å²) in [4.78, 5) is 4.75. The molecule has 21 heavy (non-hydrogen) atoms. The fraction of sp³-hybridized carbons (Fsp3) is 0.588. The summed E-state index contributed by atoms with van der Waals surface area (Å²) in [6, 6.07) is 0.543. The molecule has 0 radical (unpaired) electrons. The van der Waals surface area contributed by atoms with Gasteiger partial charge in [0.1, 0.15) is 0 Å². The molecule has 1 unspecified atom stereocenters. The smallest absolute Gasteiger partial charge is 0.0954 e. The lowest BCUT2D eigenvalue weighted by Gasteiger charge is -2.22. The zero-order valence-corrected chi connectivity index (χ0v) is 14.0. The van der Waals surface area contributed by atoms with Crippen LogP contribution in [0.15, 0.2) is 17.8 Å². The Kier molecular flexibility index (Phi) is 4.45. The molecular formula is C17H25N3S. The van der Waals surface area contributed by atoms with Crippen molar-refractivity contribution in [1.29, 1.82) is 0 Å². The van der Waals surface area contributed by atoms with Crippen LogP contribution in [-0.2, 0) is 13.0 Å². The molecule has 0 amide bonds. The highest BCUT2D eigenvalue weighted by Crippen LogP contribution is 2.30. The zero-order chi connectivity index (χ0) is 14.8. The van der Waals surface area contributed by atoms with Crippen LogP contribution in [0.4, 0.5) is 0 Å². The van der Waals surface area contributed by atoms with Crippen LogP contribution in [0.3, 0.4) is 0 Å². The Hall–Kier alpha value is -1.13. The van der Waals surface area contributed by atoms with E-state index in [1.165, 1.54) is 41.1 Å². The summed E-state index contributed by atoms with van der Waals surface area (Å²) >= 11 is 1.78. The van der Waals surface area contributed by atoms with Crippen molar-refractivity contribution in [2.24, 2.45) is 0 Å². The third-order valence-electron chi connectivity index (χ3n) is 4.17. The van der Waals surface area contributed by atoms with E-state index in [2.05, 4.69) is 48.4 Å². The Labute approximate surface area is 131 Å². The first-order valence-electron chi connectivity index (χ1n) is 8.03. The molecule has 3 nitrogen and oxygen atoms in total. The van der Waals surface area contributed by atoms with Crippen molar-refractivity contribution in [2.45, 2.75) is 58.5 Å². The van der Waals surface area contributed by atoms with Crippen LogP contribution in [0.25, 0.3) is 0 Å². The Morgan fingerprint density at radius 1 is 1.43 bits per heavy atom. The molecule has 0 saturated carbocycles. The molecule has 2 aromatic heterocycles. The predicted molar refractivity (Wildman–Crippen MR) is 89.1 cm³/mol. The first-order valence-corrected chi connectivity index (χ1v) is 8.91. The minimum Gasteiger partial charge on any atom is -0.348 e. The molecule has 0 saturated heterocycles. The number of hydrogen-bond acceptors (Lipinski definition) is 3. The molecule has 114 valence electrons. The lowest BCUT2D eigenvalue weighted by molar-refractivity contribution is 0.473. The number of rotatable bonds is 5. The minimum atomic E-state index is 0.528. The number of fused-ring (bicyclic) bond motifs is 1. The Bertz CT molecular complexity index is 597. The van der Waals surface area contributed by atoms with E-state index >= 15 is 0 Å². The largest absolute Gasteiger partial charge is 0.348 e. The van der Waals surface area contributed by atoms with E-state index < -0.39 is 0 Å². The average Bonchev–Trinajstić information content (AvgIpc) is 3.06. The van der Waals surface area contributed by atoms with Gasteiger partial charge in [0.05, 0.1) is 17.2 Å². The Balaban J connectivity index is 1.77. The van der Waals surface area contributed by atoms with Crippen molar-refractivity contribution >= 4 is 11.3 Å². The van der Waals surface area contributed by atoms with Crippen molar-refractivity contribution in [3.8, 4) is 0 Å². The summed E-state index contributed by atoms with van der Waals surface area (Å²) in [6.07, 6.45) is 8.43. The topological polar surface area (TPSA) is 29.9 Å². The van der Waals surface area contributed by atoms with Gasteiger partial charge in [0.2, 0.25) is 0 Å². The maximum absolute atomic E-state index is 4.75. The summed E-state index contributed by atoms with van der Waals surface area (Å²) in [5, 5.41) is 7.06. The van der Waals surface area contributed by atoms with E-state index in [0.29, 0.717) is 12.0 Å². The van der Waals surface area contributed by atoms with Gasteiger partial charge < -0.3 is 9.88 Å². The molecule has 1 atom stereocenters. The second-order valence-electron chi connectivity index (χ2n) is 6.25. The summed E-state index contributed by atoms with van der Waals surface area (Å²) < 4.78 is 2.32. The summed E-state index contributed by atoms with van der Waals surface area (Å²) in [5.74, 6) is 0.528. The molecule has 0 aliphatic heterocycles. The van der Waals surface area contributed by atoms with Gasteiger partial charge in [0.15, 0.2) is 0 Å². The van der Waals surface area contributed by atoms with Crippen molar-refractivity contribution in [2.75, 3.05) is 6.54 Å². The second-order valence-corrected chi connectivity index (χ2v) is 7.14. The lowest BCUT2D eigenvalue weighted by atomic mass is 9.91. The van der Waals surface area contributed by atoms with E-state index in [0.717, 1.165) is 13.1 Å². The maximum atomic E-state index is 4.75. The van der Waals surface area contributed by atoms with Gasteiger partial charge in [-0.2, -0.15) is 0 Å². The molecule has 0 aromatic carbocycles. The van der Waals surface area contributed by atoms with Crippen LogP contribution < -0.4 is 5.32 Å². The number of aryl methyl sites for hydroxylation is 1. The molecule has 1 N–H and O–H groups in total. The fourth-order valence-electron chi connectivity index (χ4n) is 3.15. The van der Waals surface area contributed by atoms with Crippen LogP contribution in [-0.4, -0.2) is 16.1 Å². The maximum Gasteiger partial charge on any atom is 0.0954 e. The summed E-state index contributed by atoms with van der Waals surface area (Å²) in [6.45, 7) is 8.54. The van der Waals surface area contributed by atoms with Crippen LogP contribution >= 0.6 is 11.3 Å². The van der Waals surface area contributed by atoms with Gasteiger partial charge in [-0.3, -0.25) is 0 Å². The average molecular weight is 303 g/mol. The molecule has 4 heteroatoms. The Morgan fingerprint density at radius 3 is 3.00 bits per heavy atom. The number of nitrogens with zero attached hydrogens (tertiary/aromatic N) is 2. The molecule has 3 rings (SSSR count). The molecule has 0 bridgehead atoms. The Morgan fingerprint density at radius 2 is 2.29 bits per heavy atom. The van der Waals surface area contributed by atoms with Gasteiger partial charge in [-0.15, -0.1) is 11.3 Å². The van der Waals surface area contributed by atoms with Crippen LogP contribution in [0, 0.1) is 0 Å². The minimum absolute atomic E-state index is 0.528. The van der Waals surface area contributed by atoms with Crippen molar-refractivity contribution in [3.63, 3.8) is 0 Å². The SMILES string of the molecule is CCNC1CCCc2cn(Cc3csc(C(C)C)n3)cc21. The first kappa shape index (κ1) is 14.8. The van der Waals surface area contributed by atoms with Crippen molar-refractivity contribution < 1.29 is 0 Å². The predicted octanol–water partition coefficient (Wildman–Crippen LogP) is 4.10. The van der Waals surface area contributed by atoms with Crippen LogP contribution in [0.1, 0.15) is 67.4 Å². The van der Waals surface area contributed by atoms with E-state index in [4.69, 9.17) is 4.98 Å². The van der Waals surface area contributed by atoms with E-state index in [1.54, 1.807) is 11.3 Å². The second kappa shape index (κ2) is 6.32.